The number of amidine groups is 1. The molecule has 1 unspecified atom stereocenters. The lowest BCUT2D eigenvalue weighted by Gasteiger charge is -2.16. The van der Waals surface area contributed by atoms with Gasteiger partial charge in [0.15, 0.2) is 5.84 Å². The number of nitrogens with zero attached hydrogens (tertiary/aromatic N) is 4. The Morgan fingerprint density at radius 1 is 1.55 bits per heavy atom. The Bertz CT molecular complexity index is 675. The first-order chi connectivity index (χ1) is 9.70. The predicted molar refractivity (Wildman–Crippen MR) is 70.4 cm³/mol. The smallest absolute Gasteiger partial charge is 0.255 e. The van der Waals surface area contributed by atoms with E-state index in [0.717, 1.165) is 12.8 Å². The van der Waals surface area contributed by atoms with Gasteiger partial charge < -0.3 is 16.3 Å². The Labute approximate surface area is 114 Å². The van der Waals surface area contributed by atoms with Crippen LogP contribution in [0.3, 0.4) is 0 Å². The summed E-state index contributed by atoms with van der Waals surface area (Å²) in [5.74, 6) is -0.0539. The summed E-state index contributed by atoms with van der Waals surface area (Å²) >= 11 is 0. The van der Waals surface area contributed by atoms with Crippen LogP contribution in [0.2, 0.25) is 0 Å². The number of rotatable bonds is 4. The quantitative estimate of drug-likeness (QED) is 0.313. The molecular weight excluding hydrogens is 260 g/mol. The number of amides is 1. The fraction of sp³-hybridized carbons (Fsp3) is 0.333. The molecule has 0 radical (unpaired) electrons. The summed E-state index contributed by atoms with van der Waals surface area (Å²) in [7, 11) is 0. The van der Waals surface area contributed by atoms with Gasteiger partial charge in [0.2, 0.25) is 0 Å². The molecule has 2 aromatic rings. The van der Waals surface area contributed by atoms with Gasteiger partial charge in [-0.3, -0.25) is 9.78 Å². The van der Waals surface area contributed by atoms with Crippen molar-refractivity contribution in [3.63, 3.8) is 0 Å². The Morgan fingerprint density at radius 3 is 3.05 bits per heavy atom. The van der Waals surface area contributed by atoms with Crippen LogP contribution in [0.15, 0.2) is 29.9 Å². The first kappa shape index (κ1) is 12.4. The van der Waals surface area contributed by atoms with E-state index in [1.165, 1.54) is 6.20 Å². The molecule has 2 heterocycles. The third kappa shape index (κ3) is 2.15. The lowest BCUT2D eigenvalue weighted by atomic mass is 10.1. The van der Waals surface area contributed by atoms with E-state index in [-0.39, 0.29) is 17.7 Å². The number of fused-ring (bicyclic) bond motifs is 1. The standard InChI is InChI=1S/C12H14N6O2/c13-11(17-20)10(7-1-2-7)16-12(19)8-5-15-18-4-3-14-6-9(8)18/h3-7,10,20H,1-2H2,(H2,13,17)(H,16,19). The second-order valence-corrected chi connectivity index (χ2v) is 4.78. The van der Waals surface area contributed by atoms with Crippen molar-refractivity contribution in [3.8, 4) is 0 Å². The summed E-state index contributed by atoms with van der Waals surface area (Å²) in [6, 6.07) is -0.445. The Balaban J connectivity index is 1.85. The molecule has 0 spiro atoms. The van der Waals surface area contributed by atoms with Gasteiger partial charge >= 0.3 is 0 Å². The molecule has 0 aliphatic heterocycles. The van der Waals surface area contributed by atoms with Crippen LogP contribution in [-0.2, 0) is 0 Å². The van der Waals surface area contributed by atoms with Gasteiger partial charge in [-0.1, -0.05) is 5.16 Å². The first-order valence-corrected chi connectivity index (χ1v) is 6.26. The average molecular weight is 274 g/mol. The van der Waals surface area contributed by atoms with Crippen LogP contribution in [0.4, 0.5) is 0 Å². The molecule has 0 saturated heterocycles. The molecule has 1 aliphatic carbocycles. The maximum atomic E-state index is 12.3. The molecule has 1 atom stereocenters. The van der Waals surface area contributed by atoms with E-state index in [9.17, 15) is 4.79 Å². The van der Waals surface area contributed by atoms with Crippen molar-refractivity contribution in [1.29, 1.82) is 0 Å². The summed E-state index contributed by atoms with van der Waals surface area (Å²) < 4.78 is 1.57. The van der Waals surface area contributed by atoms with E-state index >= 15 is 0 Å². The van der Waals surface area contributed by atoms with Crippen LogP contribution in [0, 0.1) is 5.92 Å². The number of oxime groups is 1. The summed E-state index contributed by atoms with van der Waals surface area (Å²) in [6.07, 6.45) is 8.20. The topological polar surface area (TPSA) is 118 Å². The van der Waals surface area contributed by atoms with Crippen molar-refractivity contribution in [1.82, 2.24) is 19.9 Å². The Hall–Kier alpha value is -2.64. The van der Waals surface area contributed by atoms with Crippen molar-refractivity contribution in [2.24, 2.45) is 16.8 Å². The van der Waals surface area contributed by atoms with Gasteiger partial charge in [-0.05, 0) is 18.8 Å². The van der Waals surface area contributed by atoms with Crippen LogP contribution in [0.1, 0.15) is 23.2 Å². The molecule has 4 N–H and O–H groups in total. The van der Waals surface area contributed by atoms with E-state index < -0.39 is 6.04 Å². The molecule has 1 aliphatic rings. The summed E-state index contributed by atoms with van der Waals surface area (Å²) in [6.45, 7) is 0. The minimum Gasteiger partial charge on any atom is -0.409 e. The summed E-state index contributed by atoms with van der Waals surface area (Å²) in [4.78, 5) is 16.3. The van der Waals surface area contributed by atoms with Crippen LogP contribution in [0.25, 0.3) is 5.52 Å². The van der Waals surface area contributed by atoms with E-state index in [1.807, 2.05) is 0 Å². The predicted octanol–water partition coefficient (Wildman–Crippen LogP) is -0.0159. The largest absolute Gasteiger partial charge is 0.409 e. The number of nitrogens with two attached hydrogens (primary N) is 1. The van der Waals surface area contributed by atoms with E-state index in [2.05, 4.69) is 20.6 Å². The summed E-state index contributed by atoms with van der Waals surface area (Å²) in [5, 5.41) is 18.6. The van der Waals surface area contributed by atoms with Crippen LogP contribution >= 0.6 is 0 Å². The van der Waals surface area contributed by atoms with E-state index in [4.69, 9.17) is 10.9 Å². The molecule has 104 valence electrons. The highest BCUT2D eigenvalue weighted by molar-refractivity contribution is 6.03. The monoisotopic (exact) mass is 274 g/mol. The number of nitrogens with one attached hydrogen (secondary N) is 1. The van der Waals surface area contributed by atoms with Crippen LogP contribution in [0.5, 0.6) is 0 Å². The van der Waals surface area contributed by atoms with E-state index in [0.29, 0.717) is 11.1 Å². The maximum Gasteiger partial charge on any atom is 0.255 e. The van der Waals surface area contributed by atoms with Crippen LogP contribution < -0.4 is 11.1 Å². The highest BCUT2D eigenvalue weighted by atomic mass is 16.4. The molecule has 1 fully saturated rings. The van der Waals surface area contributed by atoms with Crippen molar-refractivity contribution in [3.05, 3.63) is 30.4 Å². The molecule has 0 bridgehead atoms. The Kier molecular flexibility index (Phi) is 2.97. The SMILES string of the molecule is N/C(=N/O)C(NC(=O)c1cnn2ccncc12)C1CC1. The molecule has 0 aromatic carbocycles. The third-order valence-corrected chi connectivity index (χ3v) is 3.38. The van der Waals surface area contributed by atoms with Crippen molar-refractivity contribution in [2.45, 2.75) is 18.9 Å². The molecular formula is C12H14N6O2. The van der Waals surface area contributed by atoms with Crippen LogP contribution in [-0.4, -0.2) is 37.6 Å². The molecule has 1 saturated carbocycles. The molecule has 8 heteroatoms. The third-order valence-electron chi connectivity index (χ3n) is 3.38. The number of carbonyl (C=O) groups is 1. The molecule has 2 aromatic heterocycles. The van der Waals surface area contributed by atoms with Gasteiger partial charge in [0, 0.05) is 12.4 Å². The minimum absolute atomic E-state index is 0.0236. The number of aromatic nitrogens is 3. The second kappa shape index (κ2) is 4.80. The van der Waals surface area contributed by atoms with Gasteiger partial charge in [-0.25, -0.2) is 4.52 Å². The first-order valence-electron chi connectivity index (χ1n) is 6.26. The zero-order chi connectivity index (χ0) is 14.1. The molecule has 20 heavy (non-hydrogen) atoms. The normalized spacial score (nSPS) is 17.1. The Morgan fingerprint density at radius 2 is 2.35 bits per heavy atom. The van der Waals surface area contributed by atoms with Gasteiger partial charge in [0.05, 0.1) is 29.5 Å². The van der Waals surface area contributed by atoms with Gasteiger partial charge in [0.25, 0.3) is 5.91 Å². The number of hydrogen-bond acceptors (Lipinski definition) is 5. The van der Waals surface area contributed by atoms with Crippen molar-refractivity contribution in [2.75, 3.05) is 0 Å². The molecule has 1 amide bonds. The second-order valence-electron chi connectivity index (χ2n) is 4.78. The maximum absolute atomic E-state index is 12.3. The fourth-order valence-corrected chi connectivity index (χ4v) is 2.15. The average Bonchev–Trinajstić information content (AvgIpc) is 3.22. The van der Waals surface area contributed by atoms with Gasteiger partial charge in [0.1, 0.15) is 0 Å². The van der Waals surface area contributed by atoms with Crippen molar-refractivity contribution >= 4 is 17.3 Å². The highest BCUT2D eigenvalue weighted by Crippen LogP contribution is 2.32. The highest BCUT2D eigenvalue weighted by Gasteiger charge is 2.35. The lowest BCUT2D eigenvalue weighted by Crippen LogP contribution is -2.46. The number of hydrogen-bond donors (Lipinski definition) is 3. The van der Waals surface area contributed by atoms with Gasteiger partial charge in [-0.15, -0.1) is 0 Å². The zero-order valence-electron chi connectivity index (χ0n) is 10.6. The van der Waals surface area contributed by atoms with E-state index in [1.54, 1.807) is 23.1 Å². The number of carbonyl (C=O) groups excluding carboxylic acids is 1. The molecule has 8 nitrogen and oxygen atoms in total. The lowest BCUT2D eigenvalue weighted by molar-refractivity contribution is 0.0944. The fourth-order valence-electron chi connectivity index (χ4n) is 2.15. The minimum atomic E-state index is -0.445. The van der Waals surface area contributed by atoms with Gasteiger partial charge in [-0.2, -0.15) is 5.10 Å². The summed E-state index contributed by atoms with van der Waals surface area (Å²) in [5.41, 5.74) is 6.65. The zero-order valence-corrected chi connectivity index (χ0v) is 10.6. The van der Waals surface area contributed by atoms with Crippen molar-refractivity contribution < 1.29 is 10.0 Å². The molecule has 3 rings (SSSR count).